The first-order valence-corrected chi connectivity index (χ1v) is 9.30. The Morgan fingerprint density at radius 1 is 0.862 bits per heavy atom. The molecule has 8 nitrogen and oxygen atoms in total. The minimum absolute atomic E-state index is 0.0809. The van der Waals surface area contributed by atoms with E-state index in [1.54, 1.807) is 41.2 Å². The average Bonchev–Trinajstić information content (AvgIpc) is 2.76. The number of benzene rings is 2. The Labute approximate surface area is 169 Å². The van der Waals surface area contributed by atoms with Crippen LogP contribution in [0.2, 0.25) is 0 Å². The zero-order valence-electron chi connectivity index (χ0n) is 16.2. The van der Waals surface area contributed by atoms with Gasteiger partial charge in [0, 0.05) is 32.2 Å². The number of carbonyl (C=O) groups excluding carboxylic acids is 2. The number of hydrogen-bond acceptors (Lipinski definition) is 6. The first kappa shape index (κ1) is 20.3. The van der Waals surface area contributed by atoms with Crippen LogP contribution in [0.5, 0.6) is 23.0 Å². The first-order valence-electron chi connectivity index (χ1n) is 9.30. The largest absolute Gasteiger partial charge is 0.508 e. The van der Waals surface area contributed by atoms with E-state index in [-0.39, 0.29) is 30.8 Å². The number of rotatable bonds is 7. The molecule has 154 valence electrons. The maximum absolute atomic E-state index is 12.4. The van der Waals surface area contributed by atoms with Crippen LogP contribution in [0.1, 0.15) is 0 Å². The molecular formula is C21H24N2O6. The highest BCUT2D eigenvalue weighted by molar-refractivity contribution is 5.80. The minimum Gasteiger partial charge on any atom is -0.508 e. The Bertz CT molecular complexity index is 849. The summed E-state index contributed by atoms with van der Waals surface area (Å²) in [6, 6.07) is 13.4. The van der Waals surface area contributed by atoms with Crippen molar-refractivity contribution in [3.8, 4) is 23.0 Å². The fourth-order valence-corrected chi connectivity index (χ4v) is 2.98. The molecule has 0 aromatic heterocycles. The number of piperazine rings is 1. The summed E-state index contributed by atoms with van der Waals surface area (Å²) in [5.74, 6) is 1.30. The van der Waals surface area contributed by atoms with Crippen molar-refractivity contribution in [3.05, 3.63) is 48.5 Å². The van der Waals surface area contributed by atoms with E-state index in [1.165, 1.54) is 12.1 Å². The van der Waals surface area contributed by atoms with Crippen molar-refractivity contribution >= 4 is 11.8 Å². The molecule has 3 rings (SSSR count). The smallest absolute Gasteiger partial charge is 0.260 e. The van der Waals surface area contributed by atoms with Gasteiger partial charge in [-0.1, -0.05) is 18.2 Å². The van der Waals surface area contributed by atoms with Crippen LogP contribution < -0.4 is 14.2 Å². The van der Waals surface area contributed by atoms with Crippen LogP contribution >= 0.6 is 0 Å². The van der Waals surface area contributed by atoms with E-state index in [0.29, 0.717) is 43.4 Å². The fraction of sp³-hybridized carbons (Fsp3) is 0.333. The number of para-hydroxylation sites is 2. The second kappa shape index (κ2) is 9.68. The van der Waals surface area contributed by atoms with Crippen LogP contribution in [0, 0.1) is 0 Å². The molecular weight excluding hydrogens is 376 g/mol. The lowest BCUT2D eigenvalue weighted by molar-refractivity contribution is -0.141. The van der Waals surface area contributed by atoms with E-state index in [1.807, 2.05) is 12.1 Å². The van der Waals surface area contributed by atoms with Gasteiger partial charge in [0.1, 0.15) is 11.5 Å². The fourth-order valence-electron chi connectivity index (χ4n) is 2.98. The molecule has 0 unspecified atom stereocenters. The van der Waals surface area contributed by atoms with Gasteiger partial charge in [-0.25, -0.2) is 0 Å². The molecule has 8 heteroatoms. The molecule has 1 N–H and O–H groups in total. The molecule has 1 saturated heterocycles. The van der Waals surface area contributed by atoms with Crippen LogP contribution in [0.3, 0.4) is 0 Å². The number of amides is 2. The molecule has 1 aliphatic rings. The predicted octanol–water partition coefficient (Wildman–Crippen LogP) is 1.53. The molecule has 2 amide bonds. The lowest BCUT2D eigenvalue weighted by atomic mass is 10.3. The van der Waals surface area contributed by atoms with Crippen molar-refractivity contribution in [2.24, 2.45) is 0 Å². The highest BCUT2D eigenvalue weighted by Gasteiger charge is 2.24. The Hall–Kier alpha value is -3.42. The van der Waals surface area contributed by atoms with Crippen molar-refractivity contribution < 1.29 is 28.9 Å². The zero-order chi connectivity index (χ0) is 20.6. The van der Waals surface area contributed by atoms with Gasteiger partial charge in [-0.15, -0.1) is 0 Å². The molecule has 2 aromatic rings. The molecule has 2 aromatic carbocycles. The highest BCUT2D eigenvalue weighted by atomic mass is 16.5. The van der Waals surface area contributed by atoms with Crippen molar-refractivity contribution in [3.63, 3.8) is 0 Å². The van der Waals surface area contributed by atoms with Crippen LogP contribution in [-0.4, -0.2) is 73.2 Å². The van der Waals surface area contributed by atoms with E-state index in [4.69, 9.17) is 14.2 Å². The number of nitrogens with zero attached hydrogens (tertiary/aromatic N) is 2. The van der Waals surface area contributed by atoms with Crippen molar-refractivity contribution in [2.45, 2.75) is 0 Å². The Balaban J connectivity index is 1.42. The van der Waals surface area contributed by atoms with E-state index in [0.717, 1.165) is 0 Å². The third-order valence-corrected chi connectivity index (χ3v) is 4.59. The van der Waals surface area contributed by atoms with Gasteiger partial charge < -0.3 is 29.1 Å². The standard InChI is InChI=1S/C21H24N2O6/c1-27-18-7-2-3-8-19(18)29-15-21(26)23-11-9-22(10-12-23)20(25)14-28-17-6-4-5-16(24)13-17/h2-8,13,24H,9-12,14-15H2,1H3. The molecule has 0 aliphatic carbocycles. The van der Waals surface area contributed by atoms with Crippen LogP contribution in [-0.2, 0) is 9.59 Å². The van der Waals surface area contributed by atoms with Crippen LogP contribution in [0.25, 0.3) is 0 Å². The second-order valence-electron chi connectivity index (χ2n) is 6.49. The van der Waals surface area contributed by atoms with E-state index in [2.05, 4.69) is 0 Å². The predicted molar refractivity (Wildman–Crippen MR) is 105 cm³/mol. The van der Waals surface area contributed by atoms with Crippen molar-refractivity contribution in [1.29, 1.82) is 0 Å². The number of ether oxygens (including phenoxy) is 3. The third-order valence-electron chi connectivity index (χ3n) is 4.59. The molecule has 1 fully saturated rings. The molecule has 0 bridgehead atoms. The highest BCUT2D eigenvalue weighted by Crippen LogP contribution is 2.25. The van der Waals surface area contributed by atoms with Gasteiger partial charge >= 0.3 is 0 Å². The summed E-state index contributed by atoms with van der Waals surface area (Å²) in [5, 5.41) is 9.42. The van der Waals surface area contributed by atoms with Gasteiger partial charge in [-0.05, 0) is 24.3 Å². The van der Waals surface area contributed by atoms with Crippen molar-refractivity contribution in [2.75, 3.05) is 46.5 Å². The summed E-state index contributed by atoms with van der Waals surface area (Å²) in [7, 11) is 1.55. The lowest BCUT2D eigenvalue weighted by Crippen LogP contribution is -2.52. The normalized spacial score (nSPS) is 13.7. The van der Waals surface area contributed by atoms with Crippen LogP contribution in [0.4, 0.5) is 0 Å². The van der Waals surface area contributed by atoms with Gasteiger partial charge in [0.25, 0.3) is 11.8 Å². The van der Waals surface area contributed by atoms with Gasteiger partial charge in [-0.2, -0.15) is 0 Å². The second-order valence-corrected chi connectivity index (χ2v) is 6.49. The SMILES string of the molecule is COc1ccccc1OCC(=O)N1CCN(C(=O)COc2cccc(O)c2)CC1. The first-order chi connectivity index (χ1) is 14.1. The molecule has 0 radical (unpaired) electrons. The van der Waals surface area contributed by atoms with Gasteiger partial charge in [0.05, 0.1) is 7.11 Å². The molecule has 0 spiro atoms. The number of hydrogen-bond donors (Lipinski definition) is 1. The van der Waals surface area contributed by atoms with Gasteiger partial charge in [-0.3, -0.25) is 9.59 Å². The monoisotopic (exact) mass is 400 g/mol. The Morgan fingerprint density at radius 2 is 1.45 bits per heavy atom. The van der Waals surface area contributed by atoms with Crippen molar-refractivity contribution in [1.82, 2.24) is 9.80 Å². The molecule has 0 saturated carbocycles. The Kier molecular flexibility index (Phi) is 6.78. The summed E-state index contributed by atoms with van der Waals surface area (Å²) in [4.78, 5) is 28.0. The lowest BCUT2D eigenvalue weighted by Gasteiger charge is -2.34. The minimum atomic E-state index is -0.161. The maximum Gasteiger partial charge on any atom is 0.260 e. The van der Waals surface area contributed by atoms with E-state index in [9.17, 15) is 14.7 Å². The average molecular weight is 400 g/mol. The number of phenolic OH excluding ortho intramolecular Hbond substituents is 1. The summed E-state index contributed by atoms with van der Waals surface area (Å²) in [5.41, 5.74) is 0. The van der Waals surface area contributed by atoms with Gasteiger partial charge in [0.15, 0.2) is 24.7 Å². The van der Waals surface area contributed by atoms with Gasteiger partial charge in [0.2, 0.25) is 0 Å². The van der Waals surface area contributed by atoms with Crippen LogP contribution in [0.15, 0.2) is 48.5 Å². The maximum atomic E-state index is 12.4. The number of carbonyl (C=O) groups is 2. The topological polar surface area (TPSA) is 88.5 Å². The number of aromatic hydroxyl groups is 1. The molecule has 1 aliphatic heterocycles. The molecule has 1 heterocycles. The van der Waals surface area contributed by atoms with E-state index >= 15 is 0 Å². The summed E-state index contributed by atoms with van der Waals surface area (Å²) in [6.07, 6.45) is 0. The summed E-state index contributed by atoms with van der Waals surface area (Å²) in [6.45, 7) is 1.53. The summed E-state index contributed by atoms with van der Waals surface area (Å²) >= 11 is 0. The third kappa shape index (κ3) is 5.54. The Morgan fingerprint density at radius 3 is 2.03 bits per heavy atom. The number of methoxy groups -OCH3 is 1. The zero-order valence-corrected chi connectivity index (χ0v) is 16.2. The quantitative estimate of drug-likeness (QED) is 0.758. The van der Waals surface area contributed by atoms with E-state index < -0.39 is 0 Å². The molecule has 29 heavy (non-hydrogen) atoms. The molecule has 0 atom stereocenters. The number of phenols is 1. The summed E-state index contributed by atoms with van der Waals surface area (Å²) < 4.78 is 16.2.